The van der Waals surface area contributed by atoms with Crippen molar-refractivity contribution in [3.8, 4) is 5.75 Å². The van der Waals surface area contributed by atoms with Crippen LogP contribution in [0.2, 0.25) is 18.1 Å². The normalized spacial score (nSPS) is 18.0. The number of nitrogens with one attached hydrogen (secondary N) is 1. The first kappa shape index (κ1) is 35.6. The zero-order valence-electron chi connectivity index (χ0n) is 29.4. The summed E-state index contributed by atoms with van der Waals surface area (Å²) in [5.41, 5.74) is 4.38. The summed E-state index contributed by atoms with van der Waals surface area (Å²) >= 11 is 0. The van der Waals surface area contributed by atoms with Gasteiger partial charge in [-0.1, -0.05) is 45.0 Å². The number of anilines is 3. The Morgan fingerprint density at radius 3 is 2.38 bits per heavy atom. The number of aromatic nitrogens is 1. The van der Waals surface area contributed by atoms with Gasteiger partial charge in [-0.3, -0.25) is 4.79 Å². The van der Waals surface area contributed by atoms with Crippen LogP contribution in [0.25, 0.3) is 0 Å². The topological polar surface area (TPSA) is 70.2 Å². The van der Waals surface area contributed by atoms with Gasteiger partial charge in [-0.05, 0) is 86.3 Å². The predicted molar refractivity (Wildman–Crippen MR) is 192 cm³/mol. The van der Waals surface area contributed by atoms with Crippen LogP contribution in [0.1, 0.15) is 55.1 Å². The Balaban J connectivity index is 1.28. The minimum absolute atomic E-state index is 0.0171. The van der Waals surface area contributed by atoms with E-state index >= 15 is 0 Å². The minimum atomic E-state index is -2.86. The van der Waals surface area contributed by atoms with Crippen molar-refractivity contribution >= 4 is 31.4 Å². The number of piperazine rings is 1. The van der Waals surface area contributed by atoms with Crippen molar-refractivity contribution in [2.75, 3.05) is 54.4 Å². The van der Waals surface area contributed by atoms with E-state index in [1.165, 1.54) is 0 Å². The second-order valence-electron chi connectivity index (χ2n) is 14.6. The van der Waals surface area contributed by atoms with Gasteiger partial charge < -0.3 is 29.2 Å². The predicted octanol–water partition coefficient (Wildman–Crippen LogP) is 7.73. The lowest BCUT2D eigenvalue weighted by Gasteiger charge is -2.44. The summed E-state index contributed by atoms with van der Waals surface area (Å²) in [6.07, 6.45) is 3.46. The fourth-order valence-corrected chi connectivity index (χ4v) is 7.38. The molecular weight excluding hydrogens is 629 g/mol. The highest BCUT2D eigenvalue weighted by Gasteiger charge is 2.39. The van der Waals surface area contributed by atoms with Crippen molar-refractivity contribution in [2.45, 2.75) is 84.3 Å². The summed E-state index contributed by atoms with van der Waals surface area (Å²) in [6, 6.07) is 17.2. The monoisotopic (exact) mass is 679 g/mol. The van der Waals surface area contributed by atoms with E-state index in [4.69, 9.17) is 9.16 Å². The van der Waals surface area contributed by atoms with Crippen LogP contribution in [0.4, 0.5) is 26.0 Å². The minimum Gasteiger partial charge on any atom is -0.433 e. The van der Waals surface area contributed by atoms with Crippen LogP contribution in [0.3, 0.4) is 0 Å². The van der Waals surface area contributed by atoms with Gasteiger partial charge in [0.15, 0.2) is 8.32 Å². The third-order valence-electron chi connectivity index (χ3n) is 10.2. The number of carbonyl (C=O) groups is 1. The van der Waals surface area contributed by atoms with E-state index in [2.05, 4.69) is 67.0 Å². The van der Waals surface area contributed by atoms with E-state index in [1.807, 2.05) is 54.4 Å². The van der Waals surface area contributed by atoms with Crippen molar-refractivity contribution in [2.24, 2.45) is 0 Å². The quantitative estimate of drug-likeness (QED) is 0.220. The third-order valence-corrected chi connectivity index (χ3v) is 14.7. The largest absolute Gasteiger partial charge is 0.433 e. The number of alkyl halides is 2. The molecule has 2 aromatic carbocycles. The number of rotatable bonds is 10. The first-order valence-corrected chi connectivity index (χ1v) is 19.9. The average Bonchev–Trinajstić information content (AvgIpc) is 3.05. The number of pyridine rings is 1. The summed E-state index contributed by atoms with van der Waals surface area (Å²) in [5, 5.41) is 3.78. The highest BCUT2D eigenvalue weighted by molar-refractivity contribution is 6.74. The van der Waals surface area contributed by atoms with Crippen molar-refractivity contribution in [1.29, 1.82) is 0 Å². The molecule has 8 nitrogen and oxygen atoms in total. The Bertz CT molecular complexity index is 1540. The third kappa shape index (κ3) is 8.29. The summed E-state index contributed by atoms with van der Waals surface area (Å²) in [5.74, 6) is 1.13. The van der Waals surface area contributed by atoms with Gasteiger partial charge in [0.2, 0.25) is 0 Å². The fourth-order valence-electron chi connectivity index (χ4n) is 6.34. The van der Waals surface area contributed by atoms with Crippen LogP contribution >= 0.6 is 0 Å². The molecule has 2 fully saturated rings. The molecule has 2 aliphatic rings. The van der Waals surface area contributed by atoms with Gasteiger partial charge in [0.25, 0.3) is 5.91 Å². The number of aryl methyl sites for hydroxylation is 2. The molecule has 260 valence electrons. The summed E-state index contributed by atoms with van der Waals surface area (Å²) in [6.45, 7) is 16.2. The van der Waals surface area contributed by atoms with Gasteiger partial charge >= 0.3 is 6.61 Å². The lowest BCUT2D eigenvalue weighted by atomic mass is 9.99. The molecule has 1 N–H and O–H groups in total. The Morgan fingerprint density at radius 2 is 1.71 bits per heavy atom. The molecule has 0 radical (unpaired) electrons. The SMILES string of the molecule is Cc1cc(C)c(C(=O)N2CCN(c3ccccn3)[C@H](CO[Si](C)(C)C(C)(C)C)C2)cc1NC1CCN(c2ccccc2OC(F)F)CC1. The van der Waals surface area contributed by atoms with Crippen molar-refractivity contribution in [3.05, 3.63) is 77.5 Å². The van der Waals surface area contributed by atoms with E-state index in [9.17, 15) is 13.6 Å². The number of hydrogen-bond donors (Lipinski definition) is 1. The van der Waals surface area contributed by atoms with E-state index in [-0.39, 0.29) is 28.8 Å². The molecule has 2 aliphatic heterocycles. The number of carbonyl (C=O) groups excluding carboxylic acids is 1. The zero-order chi connectivity index (χ0) is 34.6. The van der Waals surface area contributed by atoms with E-state index < -0.39 is 14.9 Å². The number of hydrogen-bond acceptors (Lipinski definition) is 7. The van der Waals surface area contributed by atoms with E-state index in [1.54, 1.807) is 12.1 Å². The molecule has 48 heavy (non-hydrogen) atoms. The van der Waals surface area contributed by atoms with Gasteiger partial charge in [-0.25, -0.2) is 4.98 Å². The molecule has 3 heterocycles. The smallest absolute Gasteiger partial charge is 0.387 e. The molecular formula is C37H51F2N5O3Si. The van der Waals surface area contributed by atoms with Crippen molar-refractivity contribution in [1.82, 2.24) is 9.88 Å². The molecule has 0 spiro atoms. The maximum absolute atomic E-state index is 14.2. The molecule has 1 amide bonds. The van der Waals surface area contributed by atoms with Gasteiger partial charge in [-0.15, -0.1) is 0 Å². The maximum Gasteiger partial charge on any atom is 0.387 e. The lowest BCUT2D eigenvalue weighted by Crippen LogP contribution is -2.58. The molecule has 5 rings (SSSR count). The van der Waals surface area contributed by atoms with Crippen LogP contribution in [-0.2, 0) is 4.43 Å². The van der Waals surface area contributed by atoms with Crippen LogP contribution < -0.4 is 19.9 Å². The van der Waals surface area contributed by atoms with Crippen LogP contribution in [-0.4, -0.2) is 82.1 Å². The highest BCUT2D eigenvalue weighted by Crippen LogP contribution is 2.37. The number of ether oxygens (including phenoxy) is 1. The number of benzene rings is 2. The average molecular weight is 680 g/mol. The number of nitrogens with zero attached hydrogens (tertiary/aromatic N) is 4. The van der Waals surface area contributed by atoms with Crippen molar-refractivity contribution < 1.29 is 22.7 Å². The summed E-state index contributed by atoms with van der Waals surface area (Å²) in [4.78, 5) is 25.2. The molecule has 0 unspecified atom stereocenters. The molecule has 3 aromatic rings. The zero-order valence-corrected chi connectivity index (χ0v) is 30.4. The Morgan fingerprint density at radius 1 is 1.00 bits per heavy atom. The highest BCUT2D eigenvalue weighted by atomic mass is 28.4. The fraction of sp³-hybridized carbons (Fsp3) is 0.514. The molecule has 1 aromatic heterocycles. The molecule has 11 heteroatoms. The lowest BCUT2D eigenvalue weighted by molar-refractivity contribution is -0.0495. The number of piperidine rings is 1. The first-order valence-electron chi connectivity index (χ1n) is 17.0. The number of amides is 1. The van der Waals surface area contributed by atoms with E-state index in [0.29, 0.717) is 50.6 Å². The number of para-hydroxylation sites is 2. The Labute approximate surface area is 285 Å². The second kappa shape index (κ2) is 14.8. The first-order chi connectivity index (χ1) is 22.7. The molecule has 2 saturated heterocycles. The van der Waals surface area contributed by atoms with Crippen LogP contribution in [0.15, 0.2) is 60.8 Å². The summed E-state index contributed by atoms with van der Waals surface area (Å²) < 4.78 is 37.4. The van der Waals surface area contributed by atoms with E-state index in [0.717, 1.165) is 35.5 Å². The standard InChI is InChI=1S/C37H51F2N5O3Si/c1-26-22-27(2)31(41-28-15-18-42(19-16-28)32-12-8-9-13-33(32)47-36(38)39)23-30(26)35(45)43-20-21-44(34-14-10-11-17-40-34)29(24-43)25-46-48(6,7)37(3,4)5/h8-14,17,22-23,28-29,36,41H,15-16,18-21,24-25H2,1-7H3/t29-/m0/s1. The van der Waals surface area contributed by atoms with Gasteiger partial charge in [-0.2, -0.15) is 8.78 Å². The van der Waals surface area contributed by atoms with Gasteiger partial charge in [0.1, 0.15) is 11.6 Å². The molecule has 0 aliphatic carbocycles. The molecule has 1 atom stereocenters. The summed E-state index contributed by atoms with van der Waals surface area (Å²) in [7, 11) is -2.01. The van der Waals surface area contributed by atoms with Crippen LogP contribution in [0.5, 0.6) is 5.75 Å². The Kier molecular flexibility index (Phi) is 11.0. The van der Waals surface area contributed by atoms with Gasteiger partial charge in [0.05, 0.1) is 18.3 Å². The maximum atomic E-state index is 14.2. The molecule has 0 saturated carbocycles. The number of halogens is 2. The second-order valence-corrected chi connectivity index (χ2v) is 19.4. The van der Waals surface area contributed by atoms with Crippen LogP contribution in [0, 0.1) is 13.8 Å². The van der Waals surface area contributed by atoms with Gasteiger partial charge in [0, 0.05) is 56.2 Å². The molecule has 0 bridgehead atoms. The Hall–Kier alpha value is -3.70. The van der Waals surface area contributed by atoms with Crippen molar-refractivity contribution in [3.63, 3.8) is 0 Å².